The fourth-order valence-electron chi connectivity index (χ4n) is 1.87. The van der Waals surface area contributed by atoms with Crippen molar-refractivity contribution in [1.29, 1.82) is 0 Å². The van der Waals surface area contributed by atoms with Gasteiger partial charge < -0.3 is 20.1 Å². The van der Waals surface area contributed by atoms with E-state index < -0.39 is 0 Å². The monoisotopic (exact) mass is 287 g/mol. The van der Waals surface area contributed by atoms with Gasteiger partial charge in [0.2, 0.25) is 0 Å². The summed E-state index contributed by atoms with van der Waals surface area (Å²) in [6.07, 6.45) is 3.17. The van der Waals surface area contributed by atoms with Crippen LogP contribution in [-0.4, -0.2) is 32.2 Å². The molecule has 21 heavy (non-hydrogen) atoms. The number of methoxy groups -OCH3 is 2. The molecule has 6 nitrogen and oxygen atoms in total. The normalized spacial score (nSPS) is 9.86. The topological polar surface area (TPSA) is 72.5 Å². The highest BCUT2D eigenvalue weighted by Gasteiger charge is 2.12. The van der Waals surface area contributed by atoms with Crippen LogP contribution in [0.25, 0.3) is 0 Å². The highest BCUT2D eigenvalue weighted by atomic mass is 16.5. The third-order valence-corrected chi connectivity index (χ3v) is 2.94. The zero-order valence-electron chi connectivity index (χ0n) is 12.1. The summed E-state index contributed by atoms with van der Waals surface area (Å²) in [6, 6.07) is 6.83. The second-order valence-electron chi connectivity index (χ2n) is 4.23. The Labute approximate surface area is 123 Å². The van der Waals surface area contributed by atoms with Crippen LogP contribution in [0.3, 0.4) is 0 Å². The molecule has 2 rings (SSSR count). The molecule has 6 heteroatoms. The quantitative estimate of drug-likeness (QED) is 0.883. The number of carbonyl (C=O) groups is 1. The number of aromatic nitrogens is 1. The van der Waals surface area contributed by atoms with Gasteiger partial charge in [-0.25, -0.2) is 0 Å². The van der Waals surface area contributed by atoms with E-state index in [1.165, 1.54) is 0 Å². The number of amides is 1. The molecular weight excluding hydrogens is 270 g/mol. The SMILES string of the molecule is CNc1cnccc1C(=O)Nc1cc(OC)cc(OC)c1. The van der Waals surface area contributed by atoms with Gasteiger partial charge in [-0.2, -0.15) is 0 Å². The predicted octanol–water partition coefficient (Wildman–Crippen LogP) is 2.39. The lowest BCUT2D eigenvalue weighted by atomic mass is 10.2. The number of rotatable bonds is 5. The maximum absolute atomic E-state index is 12.3. The van der Waals surface area contributed by atoms with E-state index >= 15 is 0 Å². The van der Waals surface area contributed by atoms with E-state index in [0.717, 1.165) is 0 Å². The summed E-state index contributed by atoms with van der Waals surface area (Å²) in [4.78, 5) is 16.3. The van der Waals surface area contributed by atoms with Gasteiger partial charge in [0, 0.05) is 37.1 Å². The largest absolute Gasteiger partial charge is 0.497 e. The van der Waals surface area contributed by atoms with Gasteiger partial charge in [0.15, 0.2) is 0 Å². The molecule has 0 unspecified atom stereocenters. The van der Waals surface area contributed by atoms with E-state index in [4.69, 9.17) is 9.47 Å². The Balaban J connectivity index is 2.27. The predicted molar refractivity (Wildman–Crippen MR) is 81.3 cm³/mol. The Morgan fingerprint density at radius 1 is 1.14 bits per heavy atom. The highest BCUT2D eigenvalue weighted by molar-refractivity contribution is 6.08. The molecule has 0 radical (unpaired) electrons. The molecule has 1 amide bonds. The van der Waals surface area contributed by atoms with E-state index in [-0.39, 0.29) is 5.91 Å². The Morgan fingerprint density at radius 2 is 1.81 bits per heavy atom. The lowest BCUT2D eigenvalue weighted by molar-refractivity contribution is 0.102. The highest BCUT2D eigenvalue weighted by Crippen LogP contribution is 2.26. The molecule has 0 fully saturated rings. The van der Waals surface area contributed by atoms with Crippen molar-refractivity contribution in [3.05, 3.63) is 42.2 Å². The molecule has 0 atom stereocenters. The first-order valence-corrected chi connectivity index (χ1v) is 6.34. The van der Waals surface area contributed by atoms with Gasteiger partial charge in [0.05, 0.1) is 31.7 Å². The van der Waals surface area contributed by atoms with Crippen molar-refractivity contribution in [2.75, 3.05) is 31.9 Å². The number of anilines is 2. The second kappa shape index (κ2) is 6.60. The van der Waals surface area contributed by atoms with Crippen LogP contribution < -0.4 is 20.1 Å². The summed E-state index contributed by atoms with van der Waals surface area (Å²) in [5.41, 5.74) is 1.76. The molecule has 110 valence electrons. The molecule has 2 N–H and O–H groups in total. The number of hydrogen-bond donors (Lipinski definition) is 2. The molecule has 0 saturated carbocycles. The lowest BCUT2D eigenvalue weighted by Crippen LogP contribution is -2.14. The standard InChI is InChI=1S/C15H17N3O3/c1-16-14-9-17-5-4-13(14)15(19)18-10-6-11(20-2)8-12(7-10)21-3/h4-9,16H,1-3H3,(H,18,19). The van der Waals surface area contributed by atoms with Gasteiger partial charge in [-0.3, -0.25) is 9.78 Å². The molecule has 2 aromatic rings. The Morgan fingerprint density at radius 3 is 2.38 bits per heavy atom. The van der Waals surface area contributed by atoms with Crippen LogP contribution in [-0.2, 0) is 0 Å². The van der Waals surface area contributed by atoms with Gasteiger partial charge in [-0.05, 0) is 6.07 Å². The maximum atomic E-state index is 12.3. The van der Waals surface area contributed by atoms with Gasteiger partial charge >= 0.3 is 0 Å². The molecule has 0 spiro atoms. The average Bonchev–Trinajstić information content (AvgIpc) is 2.54. The number of hydrogen-bond acceptors (Lipinski definition) is 5. The molecule has 0 aliphatic heterocycles. The number of nitrogens with zero attached hydrogens (tertiary/aromatic N) is 1. The van der Waals surface area contributed by atoms with Gasteiger partial charge in [0.25, 0.3) is 5.91 Å². The Kier molecular flexibility index (Phi) is 4.61. The number of ether oxygens (including phenoxy) is 2. The lowest BCUT2D eigenvalue weighted by Gasteiger charge is -2.11. The second-order valence-corrected chi connectivity index (χ2v) is 4.23. The fourth-order valence-corrected chi connectivity index (χ4v) is 1.87. The van der Waals surface area contributed by atoms with E-state index in [1.807, 2.05) is 0 Å². The number of pyridine rings is 1. The molecule has 0 saturated heterocycles. The first-order valence-electron chi connectivity index (χ1n) is 6.34. The van der Waals surface area contributed by atoms with E-state index in [1.54, 1.807) is 57.9 Å². The van der Waals surface area contributed by atoms with Gasteiger partial charge in [0.1, 0.15) is 11.5 Å². The van der Waals surface area contributed by atoms with Crippen LogP contribution in [0, 0.1) is 0 Å². The minimum absolute atomic E-state index is 0.239. The smallest absolute Gasteiger partial charge is 0.257 e. The summed E-state index contributed by atoms with van der Waals surface area (Å²) in [6.45, 7) is 0. The summed E-state index contributed by atoms with van der Waals surface area (Å²) in [7, 11) is 4.85. The Hall–Kier alpha value is -2.76. The van der Waals surface area contributed by atoms with Crippen molar-refractivity contribution in [3.63, 3.8) is 0 Å². The van der Waals surface area contributed by atoms with Crippen molar-refractivity contribution < 1.29 is 14.3 Å². The molecule has 1 aromatic heterocycles. The third kappa shape index (κ3) is 3.42. The van der Waals surface area contributed by atoms with Crippen LogP contribution >= 0.6 is 0 Å². The summed E-state index contributed by atoms with van der Waals surface area (Å²) >= 11 is 0. The zero-order valence-corrected chi connectivity index (χ0v) is 12.1. The third-order valence-electron chi connectivity index (χ3n) is 2.94. The minimum atomic E-state index is -0.239. The van der Waals surface area contributed by atoms with Crippen molar-refractivity contribution in [3.8, 4) is 11.5 Å². The first kappa shape index (κ1) is 14.6. The van der Waals surface area contributed by atoms with Crippen molar-refractivity contribution >= 4 is 17.3 Å². The molecule has 1 heterocycles. The number of nitrogens with one attached hydrogen (secondary N) is 2. The van der Waals surface area contributed by atoms with Gasteiger partial charge in [-0.15, -0.1) is 0 Å². The molecular formula is C15H17N3O3. The van der Waals surface area contributed by atoms with E-state index in [2.05, 4.69) is 15.6 Å². The molecule has 0 bridgehead atoms. The van der Waals surface area contributed by atoms with Crippen LogP contribution in [0.15, 0.2) is 36.7 Å². The molecule has 0 aliphatic rings. The average molecular weight is 287 g/mol. The van der Waals surface area contributed by atoms with Crippen LogP contribution in [0.4, 0.5) is 11.4 Å². The van der Waals surface area contributed by atoms with Gasteiger partial charge in [-0.1, -0.05) is 0 Å². The minimum Gasteiger partial charge on any atom is -0.497 e. The van der Waals surface area contributed by atoms with Crippen molar-refractivity contribution in [2.24, 2.45) is 0 Å². The summed E-state index contributed by atoms with van der Waals surface area (Å²) in [5.74, 6) is 0.971. The van der Waals surface area contributed by atoms with Crippen molar-refractivity contribution in [2.45, 2.75) is 0 Å². The Bertz CT molecular complexity index is 622. The summed E-state index contributed by atoms with van der Waals surface area (Å²) < 4.78 is 10.4. The fraction of sp³-hybridized carbons (Fsp3) is 0.200. The maximum Gasteiger partial charge on any atom is 0.257 e. The molecule has 1 aromatic carbocycles. The summed E-state index contributed by atoms with van der Waals surface area (Å²) in [5, 5.41) is 5.75. The number of carbonyl (C=O) groups excluding carboxylic acids is 1. The van der Waals surface area contributed by atoms with Crippen molar-refractivity contribution in [1.82, 2.24) is 4.98 Å². The van der Waals surface area contributed by atoms with E-state index in [9.17, 15) is 4.79 Å². The van der Waals surface area contributed by atoms with Crippen LogP contribution in [0.2, 0.25) is 0 Å². The molecule has 0 aliphatic carbocycles. The first-order chi connectivity index (χ1) is 10.2. The van der Waals surface area contributed by atoms with Crippen LogP contribution in [0.1, 0.15) is 10.4 Å². The van der Waals surface area contributed by atoms with Crippen LogP contribution in [0.5, 0.6) is 11.5 Å². The zero-order chi connectivity index (χ0) is 15.2. The van der Waals surface area contributed by atoms with E-state index in [0.29, 0.717) is 28.4 Å². The number of benzene rings is 1.